The van der Waals surface area contributed by atoms with E-state index in [-0.39, 0.29) is 5.54 Å². The Balaban J connectivity index is 4.50. The minimum absolute atomic E-state index is 0.219. The number of rotatable bonds is 22. The Kier molecular flexibility index (Phi) is 22.3. The van der Waals surface area contributed by atoms with Crippen molar-refractivity contribution in [2.75, 3.05) is 21.3 Å². The van der Waals surface area contributed by atoms with Crippen molar-refractivity contribution in [2.45, 2.75) is 138 Å². The van der Waals surface area contributed by atoms with Gasteiger partial charge in [-0.05, 0) is 119 Å². The topological polar surface area (TPSA) is 27.7 Å². The standard InChI is InChI=1S/C36H64O3Si/c1-12-19-36(40(37-9,38-10)39-11)35(8)29-18-28-34(7)27-17-25-32(5)22-14-13-21-31(4)24-16-26-33(6)23-15-20-30(2)3/h20-22,26-27,29,36H,12-19,23-25,28H2,1-11H3/b31-21+,32-22+,33-26+,34-27+,35-29?. The van der Waals surface area contributed by atoms with E-state index >= 15 is 0 Å². The fraction of sp³-hybridized carbons (Fsp3) is 0.667. The molecular weight excluding hydrogens is 508 g/mol. The van der Waals surface area contributed by atoms with Crippen LogP contribution in [0.5, 0.6) is 0 Å². The molecule has 0 aliphatic rings. The molecule has 3 nitrogen and oxygen atoms in total. The first-order valence-electron chi connectivity index (χ1n) is 15.6. The molecule has 1 unspecified atom stereocenters. The smallest absolute Gasteiger partial charge is 0.376 e. The second kappa shape index (κ2) is 23.1. The Bertz CT molecular complexity index is 856. The molecule has 40 heavy (non-hydrogen) atoms. The quantitative estimate of drug-likeness (QED) is 0.0733. The summed E-state index contributed by atoms with van der Waals surface area (Å²) in [6.45, 7) is 17.8. The van der Waals surface area contributed by atoms with Gasteiger partial charge in [0.2, 0.25) is 0 Å². The Morgan fingerprint density at radius 3 is 1.23 bits per heavy atom. The van der Waals surface area contributed by atoms with Gasteiger partial charge in [-0.25, -0.2) is 0 Å². The van der Waals surface area contributed by atoms with Crippen LogP contribution in [0.3, 0.4) is 0 Å². The second-order valence-electron chi connectivity index (χ2n) is 11.7. The number of hydrogen-bond acceptors (Lipinski definition) is 3. The van der Waals surface area contributed by atoms with Crippen molar-refractivity contribution < 1.29 is 13.3 Å². The molecule has 0 aliphatic carbocycles. The summed E-state index contributed by atoms with van der Waals surface area (Å²) in [5.41, 5.74) is 8.97. The zero-order valence-corrected chi connectivity index (χ0v) is 29.3. The molecule has 230 valence electrons. The van der Waals surface area contributed by atoms with E-state index < -0.39 is 8.80 Å². The van der Waals surface area contributed by atoms with Crippen LogP contribution in [0.25, 0.3) is 0 Å². The van der Waals surface area contributed by atoms with Gasteiger partial charge < -0.3 is 13.3 Å². The van der Waals surface area contributed by atoms with Crippen molar-refractivity contribution in [1.29, 1.82) is 0 Å². The van der Waals surface area contributed by atoms with Gasteiger partial charge in [0.05, 0.1) is 0 Å². The van der Waals surface area contributed by atoms with Gasteiger partial charge in [-0.1, -0.05) is 83.2 Å². The highest BCUT2D eigenvalue weighted by Crippen LogP contribution is 2.35. The highest BCUT2D eigenvalue weighted by atomic mass is 28.4. The normalized spacial score (nSPS) is 15.0. The minimum Gasteiger partial charge on any atom is -0.376 e. The van der Waals surface area contributed by atoms with Gasteiger partial charge in [-0.15, -0.1) is 0 Å². The summed E-state index contributed by atoms with van der Waals surface area (Å²) in [7, 11) is 2.47. The maximum atomic E-state index is 5.79. The zero-order chi connectivity index (χ0) is 30.4. The zero-order valence-electron chi connectivity index (χ0n) is 28.3. The first kappa shape index (κ1) is 38.5. The van der Waals surface area contributed by atoms with Crippen LogP contribution in [0.15, 0.2) is 69.9 Å². The van der Waals surface area contributed by atoms with Crippen molar-refractivity contribution in [1.82, 2.24) is 0 Å². The summed E-state index contributed by atoms with van der Waals surface area (Å²) in [5.74, 6) is 0. The van der Waals surface area contributed by atoms with Crippen molar-refractivity contribution in [2.24, 2.45) is 0 Å². The van der Waals surface area contributed by atoms with Crippen LogP contribution < -0.4 is 0 Å². The van der Waals surface area contributed by atoms with Gasteiger partial charge in [0.15, 0.2) is 0 Å². The molecule has 4 heteroatoms. The molecule has 0 fully saturated rings. The molecule has 0 N–H and O–H groups in total. The van der Waals surface area contributed by atoms with Crippen LogP contribution in [-0.2, 0) is 13.3 Å². The maximum absolute atomic E-state index is 5.79. The number of allylic oxidation sites excluding steroid dienone is 12. The van der Waals surface area contributed by atoms with Crippen molar-refractivity contribution in [3.63, 3.8) is 0 Å². The summed E-state index contributed by atoms with van der Waals surface area (Å²) >= 11 is 0. The molecule has 0 radical (unpaired) electrons. The largest absolute Gasteiger partial charge is 0.507 e. The van der Waals surface area contributed by atoms with Gasteiger partial charge in [0.25, 0.3) is 0 Å². The molecule has 0 saturated carbocycles. The van der Waals surface area contributed by atoms with Crippen LogP contribution >= 0.6 is 0 Å². The fourth-order valence-electron chi connectivity index (χ4n) is 5.07. The van der Waals surface area contributed by atoms with E-state index in [1.165, 1.54) is 52.7 Å². The molecule has 0 rings (SSSR count). The van der Waals surface area contributed by atoms with E-state index in [9.17, 15) is 0 Å². The van der Waals surface area contributed by atoms with Gasteiger partial charge >= 0.3 is 8.80 Å². The molecule has 0 bridgehead atoms. The van der Waals surface area contributed by atoms with Gasteiger partial charge in [-0.3, -0.25) is 0 Å². The summed E-state index contributed by atoms with van der Waals surface area (Å²) < 4.78 is 17.4. The molecule has 0 spiro atoms. The molecule has 0 aromatic heterocycles. The van der Waals surface area contributed by atoms with Crippen LogP contribution in [-0.4, -0.2) is 30.1 Å². The molecule has 0 heterocycles. The van der Waals surface area contributed by atoms with Crippen molar-refractivity contribution in [3.05, 3.63) is 69.9 Å². The summed E-state index contributed by atoms with van der Waals surface area (Å²) in [6, 6.07) is 0. The second-order valence-corrected chi connectivity index (χ2v) is 14.8. The van der Waals surface area contributed by atoms with Gasteiger partial charge in [0, 0.05) is 26.9 Å². The Hall–Kier alpha value is -1.46. The molecule has 0 aliphatic heterocycles. The molecule has 0 amide bonds. The van der Waals surface area contributed by atoms with Crippen molar-refractivity contribution >= 4 is 8.80 Å². The Morgan fingerprint density at radius 1 is 0.525 bits per heavy atom. The average Bonchev–Trinajstić information content (AvgIpc) is 2.91. The number of hydrogen-bond donors (Lipinski definition) is 0. The SMILES string of the molecule is CCCC(C(C)=CCC/C(C)=C/CC/C(C)=C/CC/C=C(\C)CC/C=C(\C)CCC=C(C)C)[Si](OC)(OC)OC. The highest BCUT2D eigenvalue weighted by Gasteiger charge is 2.47. The van der Waals surface area contributed by atoms with E-state index in [4.69, 9.17) is 13.3 Å². The van der Waals surface area contributed by atoms with E-state index in [1.807, 2.05) is 0 Å². The van der Waals surface area contributed by atoms with Crippen LogP contribution in [0.1, 0.15) is 132 Å². The lowest BCUT2D eigenvalue weighted by Crippen LogP contribution is -2.48. The maximum Gasteiger partial charge on any atom is 0.507 e. The lowest BCUT2D eigenvalue weighted by atomic mass is 10.0. The van der Waals surface area contributed by atoms with E-state index in [0.717, 1.165) is 57.8 Å². The Morgan fingerprint density at radius 2 is 0.875 bits per heavy atom. The monoisotopic (exact) mass is 572 g/mol. The van der Waals surface area contributed by atoms with Gasteiger partial charge in [0.1, 0.15) is 0 Å². The van der Waals surface area contributed by atoms with Crippen molar-refractivity contribution in [3.8, 4) is 0 Å². The lowest BCUT2D eigenvalue weighted by molar-refractivity contribution is 0.114. The third kappa shape index (κ3) is 17.4. The Labute approximate surface area is 250 Å². The summed E-state index contributed by atoms with van der Waals surface area (Å²) in [4.78, 5) is 0. The predicted octanol–water partition coefficient (Wildman–Crippen LogP) is 11.6. The number of unbranched alkanes of at least 4 members (excludes halogenated alkanes) is 1. The molecule has 0 aromatic carbocycles. The third-order valence-corrected chi connectivity index (χ3v) is 11.0. The molecule has 0 saturated heterocycles. The fourth-order valence-corrected chi connectivity index (χ4v) is 7.74. The van der Waals surface area contributed by atoms with Gasteiger partial charge in [-0.2, -0.15) is 0 Å². The minimum atomic E-state index is -2.68. The van der Waals surface area contributed by atoms with E-state index in [2.05, 4.69) is 91.8 Å². The van der Waals surface area contributed by atoms with Crippen LogP contribution in [0.2, 0.25) is 5.54 Å². The van der Waals surface area contributed by atoms with Crippen LogP contribution in [0.4, 0.5) is 0 Å². The highest BCUT2D eigenvalue weighted by molar-refractivity contribution is 6.63. The lowest BCUT2D eigenvalue weighted by Gasteiger charge is -2.33. The predicted molar refractivity (Wildman–Crippen MR) is 180 cm³/mol. The van der Waals surface area contributed by atoms with E-state index in [1.54, 1.807) is 21.3 Å². The summed E-state index contributed by atoms with van der Waals surface area (Å²) in [6.07, 6.45) is 27.9. The first-order chi connectivity index (χ1) is 19.0. The third-order valence-electron chi connectivity index (χ3n) is 7.72. The van der Waals surface area contributed by atoms with Crippen LogP contribution in [0, 0.1) is 0 Å². The first-order valence-corrected chi connectivity index (χ1v) is 17.4. The summed E-state index contributed by atoms with van der Waals surface area (Å²) in [5, 5.41) is 0. The molecule has 1 atom stereocenters. The van der Waals surface area contributed by atoms with E-state index in [0.29, 0.717) is 0 Å². The molecule has 0 aromatic rings. The average molecular weight is 573 g/mol. The molecular formula is C36H64O3Si.